The molecule has 2 N–H and O–H groups in total. The minimum absolute atomic E-state index is 0.247. The molecule has 1 fully saturated rings. The van der Waals surface area contributed by atoms with Crippen molar-refractivity contribution in [3.63, 3.8) is 0 Å². The second-order valence-electron chi connectivity index (χ2n) is 6.01. The summed E-state index contributed by atoms with van der Waals surface area (Å²) < 4.78 is 0. The van der Waals surface area contributed by atoms with Gasteiger partial charge in [0.25, 0.3) is 0 Å². The lowest BCUT2D eigenvalue weighted by molar-refractivity contribution is 0.0360. The van der Waals surface area contributed by atoms with Crippen LogP contribution in [0, 0.1) is 0 Å². The Kier molecular flexibility index (Phi) is 4.23. The molecule has 0 bridgehead atoms. The number of piperazine rings is 1. The van der Waals surface area contributed by atoms with Crippen LogP contribution in [0.25, 0.3) is 0 Å². The first-order valence-electron chi connectivity index (χ1n) is 6.71. The lowest BCUT2D eigenvalue weighted by atomic mass is 9.99. The Balaban J connectivity index is 2.00. The molecular weight excluding hydrogens is 254 g/mol. The minimum Gasteiger partial charge on any atom is -0.389 e. The van der Waals surface area contributed by atoms with E-state index in [1.54, 1.807) is 0 Å². The summed E-state index contributed by atoms with van der Waals surface area (Å²) in [4.78, 5) is 5.40. The molecule has 1 saturated heterocycles. The predicted octanol–water partition coefficient (Wildman–Crippen LogP) is 1.85. The zero-order valence-electron chi connectivity index (χ0n) is 12.0. The molecular formula is C15H23N3S. The maximum absolute atomic E-state index is 5.61. The quantitative estimate of drug-likeness (QED) is 0.855. The summed E-state index contributed by atoms with van der Waals surface area (Å²) >= 11 is 4.97. The summed E-state index contributed by atoms with van der Waals surface area (Å²) in [6, 6.07) is 8.28. The molecule has 19 heavy (non-hydrogen) atoms. The monoisotopic (exact) mass is 277 g/mol. The van der Waals surface area contributed by atoms with Crippen LogP contribution in [0.2, 0.25) is 0 Å². The molecule has 0 atom stereocenters. The van der Waals surface area contributed by atoms with Crippen molar-refractivity contribution in [3.8, 4) is 0 Å². The summed E-state index contributed by atoms with van der Waals surface area (Å²) in [7, 11) is 2.20. The highest BCUT2D eigenvalue weighted by molar-refractivity contribution is 7.80. The van der Waals surface area contributed by atoms with Crippen molar-refractivity contribution in [2.24, 2.45) is 5.73 Å². The summed E-state index contributed by atoms with van der Waals surface area (Å²) in [5.74, 6) is 0. The summed E-state index contributed by atoms with van der Waals surface area (Å²) in [6.45, 7) is 8.94. The van der Waals surface area contributed by atoms with E-state index in [9.17, 15) is 0 Å². The average Bonchev–Trinajstić information content (AvgIpc) is 2.34. The SMILES string of the molecule is CN1CCN(Cc2ccc(C(N)=S)cc2)CC1(C)C. The van der Waals surface area contributed by atoms with E-state index >= 15 is 0 Å². The van der Waals surface area contributed by atoms with E-state index in [0.717, 1.165) is 31.7 Å². The molecule has 0 aromatic heterocycles. The molecule has 0 spiro atoms. The van der Waals surface area contributed by atoms with Gasteiger partial charge in [-0.05, 0) is 26.5 Å². The molecule has 2 rings (SSSR count). The fourth-order valence-corrected chi connectivity index (χ4v) is 2.64. The van der Waals surface area contributed by atoms with Crippen molar-refractivity contribution in [2.45, 2.75) is 25.9 Å². The third-order valence-electron chi connectivity index (χ3n) is 4.04. The number of nitrogens with two attached hydrogens (primary N) is 1. The van der Waals surface area contributed by atoms with Gasteiger partial charge in [0.15, 0.2) is 0 Å². The standard InChI is InChI=1S/C15H23N3S/c1-15(2)11-18(9-8-17(15)3)10-12-4-6-13(7-5-12)14(16)19/h4-7H,8-11H2,1-3H3,(H2,16,19). The van der Waals surface area contributed by atoms with Gasteiger partial charge in [0.05, 0.1) is 0 Å². The molecule has 0 amide bonds. The highest BCUT2D eigenvalue weighted by Crippen LogP contribution is 2.20. The van der Waals surface area contributed by atoms with Crippen molar-refractivity contribution < 1.29 is 0 Å². The Hall–Kier alpha value is -0.970. The molecule has 0 unspecified atom stereocenters. The van der Waals surface area contributed by atoms with Crippen LogP contribution in [0.15, 0.2) is 24.3 Å². The van der Waals surface area contributed by atoms with E-state index in [-0.39, 0.29) is 5.54 Å². The Morgan fingerprint density at radius 3 is 2.42 bits per heavy atom. The highest BCUT2D eigenvalue weighted by atomic mass is 32.1. The Morgan fingerprint density at radius 1 is 1.26 bits per heavy atom. The average molecular weight is 277 g/mol. The van der Waals surface area contributed by atoms with Crippen molar-refractivity contribution in [1.29, 1.82) is 0 Å². The molecule has 0 radical (unpaired) electrons. The largest absolute Gasteiger partial charge is 0.389 e. The van der Waals surface area contributed by atoms with Crippen LogP contribution in [0.5, 0.6) is 0 Å². The van der Waals surface area contributed by atoms with Gasteiger partial charge in [-0.1, -0.05) is 36.5 Å². The van der Waals surface area contributed by atoms with Crippen LogP contribution in [-0.2, 0) is 6.54 Å². The molecule has 3 nitrogen and oxygen atoms in total. The number of thiocarbonyl (C=S) groups is 1. The van der Waals surface area contributed by atoms with Crippen LogP contribution in [0.1, 0.15) is 25.0 Å². The highest BCUT2D eigenvalue weighted by Gasteiger charge is 2.30. The number of likely N-dealkylation sites (N-methyl/N-ethyl adjacent to an activating group) is 1. The second kappa shape index (κ2) is 5.57. The molecule has 0 saturated carbocycles. The number of rotatable bonds is 3. The Bertz CT molecular complexity index is 453. The smallest absolute Gasteiger partial charge is 0.103 e. The van der Waals surface area contributed by atoms with Gasteiger partial charge in [-0.15, -0.1) is 0 Å². The third kappa shape index (κ3) is 3.53. The minimum atomic E-state index is 0.247. The molecule has 1 heterocycles. The molecule has 0 aliphatic carbocycles. The molecule has 104 valence electrons. The zero-order chi connectivity index (χ0) is 14.0. The first kappa shape index (κ1) is 14.4. The van der Waals surface area contributed by atoms with Gasteiger partial charge in [0.2, 0.25) is 0 Å². The van der Waals surface area contributed by atoms with Crippen molar-refractivity contribution in [2.75, 3.05) is 26.7 Å². The lowest BCUT2D eigenvalue weighted by Gasteiger charge is -2.45. The van der Waals surface area contributed by atoms with Gasteiger partial charge < -0.3 is 5.73 Å². The summed E-state index contributed by atoms with van der Waals surface area (Å²) in [5, 5.41) is 0. The van der Waals surface area contributed by atoms with Gasteiger partial charge in [-0.25, -0.2) is 0 Å². The zero-order valence-corrected chi connectivity index (χ0v) is 12.8. The van der Waals surface area contributed by atoms with Crippen LogP contribution >= 0.6 is 12.2 Å². The van der Waals surface area contributed by atoms with Crippen molar-refractivity contribution in [1.82, 2.24) is 9.80 Å². The van der Waals surface area contributed by atoms with Crippen LogP contribution in [-0.4, -0.2) is 47.0 Å². The van der Waals surface area contributed by atoms with Gasteiger partial charge >= 0.3 is 0 Å². The fourth-order valence-electron chi connectivity index (χ4n) is 2.51. The van der Waals surface area contributed by atoms with Gasteiger partial charge in [0, 0.05) is 37.3 Å². The summed E-state index contributed by atoms with van der Waals surface area (Å²) in [5.41, 5.74) is 8.12. The number of hydrogen-bond donors (Lipinski definition) is 1. The normalized spacial score (nSPS) is 20.4. The maximum atomic E-state index is 5.61. The lowest BCUT2D eigenvalue weighted by Crippen LogP contribution is -2.57. The van der Waals surface area contributed by atoms with E-state index in [1.165, 1.54) is 5.56 Å². The molecule has 1 aromatic rings. The fraction of sp³-hybridized carbons (Fsp3) is 0.533. The first-order chi connectivity index (χ1) is 8.88. The maximum Gasteiger partial charge on any atom is 0.103 e. The summed E-state index contributed by atoms with van der Waals surface area (Å²) in [6.07, 6.45) is 0. The predicted molar refractivity (Wildman–Crippen MR) is 84.3 cm³/mol. The van der Waals surface area contributed by atoms with E-state index in [1.807, 2.05) is 12.1 Å². The van der Waals surface area contributed by atoms with Crippen LogP contribution in [0.4, 0.5) is 0 Å². The topological polar surface area (TPSA) is 32.5 Å². The van der Waals surface area contributed by atoms with Crippen molar-refractivity contribution >= 4 is 17.2 Å². The van der Waals surface area contributed by atoms with Gasteiger partial charge in [-0.2, -0.15) is 0 Å². The van der Waals surface area contributed by atoms with Gasteiger partial charge in [0.1, 0.15) is 4.99 Å². The number of benzene rings is 1. The van der Waals surface area contributed by atoms with E-state index in [0.29, 0.717) is 4.99 Å². The molecule has 4 heteroatoms. The van der Waals surface area contributed by atoms with Crippen LogP contribution in [0.3, 0.4) is 0 Å². The number of nitrogens with zero attached hydrogens (tertiary/aromatic N) is 2. The van der Waals surface area contributed by atoms with Crippen LogP contribution < -0.4 is 5.73 Å². The van der Waals surface area contributed by atoms with E-state index < -0.39 is 0 Å². The number of hydrogen-bond acceptors (Lipinski definition) is 3. The second-order valence-corrected chi connectivity index (χ2v) is 6.45. The molecule has 1 aromatic carbocycles. The Morgan fingerprint density at radius 2 is 1.89 bits per heavy atom. The molecule has 1 aliphatic rings. The third-order valence-corrected chi connectivity index (χ3v) is 4.28. The van der Waals surface area contributed by atoms with E-state index in [2.05, 4.69) is 42.8 Å². The Labute approximate surface area is 121 Å². The van der Waals surface area contributed by atoms with E-state index in [4.69, 9.17) is 18.0 Å². The molecule has 1 aliphatic heterocycles. The van der Waals surface area contributed by atoms with Crippen molar-refractivity contribution in [3.05, 3.63) is 35.4 Å². The first-order valence-corrected chi connectivity index (χ1v) is 7.12. The van der Waals surface area contributed by atoms with Gasteiger partial charge in [-0.3, -0.25) is 9.80 Å².